The minimum absolute atomic E-state index is 0.0103. The van der Waals surface area contributed by atoms with Crippen LogP contribution in [0.15, 0.2) is 48.1 Å². The second-order valence-corrected chi connectivity index (χ2v) is 8.79. The van der Waals surface area contributed by atoms with Crippen LogP contribution in [0.5, 0.6) is 11.5 Å². The highest BCUT2D eigenvalue weighted by molar-refractivity contribution is 7.17. The molecule has 0 spiro atoms. The topological polar surface area (TPSA) is 86.6 Å². The molecule has 6 nitrogen and oxygen atoms in total. The number of phenols is 2. The van der Waals surface area contributed by atoms with E-state index in [0.29, 0.717) is 0 Å². The number of benzene rings is 2. The van der Waals surface area contributed by atoms with Crippen molar-refractivity contribution in [2.24, 2.45) is 0 Å². The van der Waals surface area contributed by atoms with Gasteiger partial charge in [-0.2, -0.15) is 0 Å². The highest BCUT2D eigenvalue weighted by Gasteiger charge is 2.30. The van der Waals surface area contributed by atoms with Crippen LogP contribution in [0.4, 0.5) is 5.69 Å². The second-order valence-electron chi connectivity index (χ2n) is 7.93. The first kappa shape index (κ1) is 19.5. The molecule has 2 N–H and O–H groups in total. The van der Waals surface area contributed by atoms with Crippen molar-refractivity contribution in [1.82, 2.24) is 9.97 Å². The maximum Gasteiger partial charge on any atom is 0.262 e. The van der Waals surface area contributed by atoms with E-state index in [4.69, 9.17) is 0 Å². The molecule has 0 bridgehead atoms. The lowest BCUT2D eigenvalue weighted by atomic mass is 9.93. The molecule has 0 saturated heterocycles. The Morgan fingerprint density at radius 2 is 2.00 bits per heavy atom. The fourth-order valence-electron chi connectivity index (χ4n) is 4.28. The first-order chi connectivity index (χ1) is 14.9. The Hall–Kier alpha value is -3.45. The average Bonchev–Trinajstić information content (AvgIpc) is 3.14. The van der Waals surface area contributed by atoms with Gasteiger partial charge in [0.1, 0.15) is 22.7 Å². The Morgan fingerprint density at radius 1 is 1.16 bits per heavy atom. The summed E-state index contributed by atoms with van der Waals surface area (Å²) >= 11 is 1.61. The standard InChI is InChI=1S/C24H21N3O3S/c1-13-11-31-23-21(13)22(25-12-26-23)16-5-8-19-15(9-16)4-3-14(2)27(19)24(30)18-7-6-17(28)10-20(18)29/h5-12,14,28-29H,3-4H2,1-2H3/t14-/m0/s1. The van der Waals surface area contributed by atoms with Gasteiger partial charge in [0.15, 0.2) is 0 Å². The zero-order valence-corrected chi connectivity index (χ0v) is 18.0. The predicted octanol–water partition coefficient (Wildman–Crippen LogP) is 5.06. The monoisotopic (exact) mass is 431 g/mol. The number of hydrogen-bond acceptors (Lipinski definition) is 6. The molecular formula is C24H21N3O3S. The number of carbonyl (C=O) groups excluding carboxylic acids is 1. The van der Waals surface area contributed by atoms with Gasteiger partial charge in [-0.25, -0.2) is 9.97 Å². The summed E-state index contributed by atoms with van der Waals surface area (Å²) in [6.07, 6.45) is 3.27. The summed E-state index contributed by atoms with van der Waals surface area (Å²) in [5.74, 6) is -0.584. The highest BCUT2D eigenvalue weighted by atomic mass is 32.1. The summed E-state index contributed by atoms with van der Waals surface area (Å²) in [5.41, 5.74) is 5.14. The molecule has 3 heterocycles. The fourth-order valence-corrected chi connectivity index (χ4v) is 5.17. The van der Waals surface area contributed by atoms with Crippen LogP contribution in [0.2, 0.25) is 0 Å². The third-order valence-corrected chi connectivity index (χ3v) is 6.87. The van der Waals surface area contributed by atoms with Gasteiger partial charge in [0.25, 0.3) is 5.91 Å². The zero-order chi connectivity index (χ0) is 21.7. The number of phenolic OH excluding ortho intramolecular Hbond substituents is 2. The molecule has 0 saturated carbocycles. The molecule has 1 atom stereocenters. The molecule has 2 aromatic heterocycles. The van der Waals surface area contributed by atoms with Gasteiger partial charge in [0, 0.05) is 28.7 Å². The maximum absolute atomic E-state index is 13.3. The van der Waals surface area contributed by atoms with Crippen molar-refractivity contribution >= 4 is 33.1 Å². The Balaban J connectivity index is 1.59. The number of aromatic nitrogens is 2. The van der Waals surface area contributed by atoms with Crippen LogP contribution < -0.4 is 4.90 Å². The highest BCUT2D eigenvalue weighted by Crippen LogP contribution is 2.38. The number of amides is 1. The summed E-state index contributed by atoms with van der Waals surface area (Å²) < 4.78 is 0. The number of fused-ring (bicyclic) bond motifs is 2. The SMILES string of the molecule is Cc1csc2ncnc(-c3ccc4c(c3)CC[C@H](C)N4C(=O)c3ccc(O)cc3O)c12. The Kier molecular flexibility index (Phi) is 4.63. The molecule has 4 aromatic rings. The molecule has 2 aromatic carbocycles. The van der Waals surface area contributed by atoms with Crippen molar-refractivity contribution in [3.63, 3.8) is 0 Å². The molecule has 1 amide bonds. The van der Waals surface area contributed by atoms with Crippen molar-refractivity contribution in [2.45, 2.75) is 32.7 Å². The third-order valence-electron chi connectivity index (χ3n) is 5.87. The van der Waals surface area contributed by atoms with Crippen molar-refractivity contribution in [3.8, 4) is 22.8 Å². The first-order valence-electron chi connectivity index (χ1n) is 10.1. The summed E-state index contributed by atoms with van der Waals surface area (Å²) in [4.78, 5) is 24.9. The van der Waals surface area contributed by atoms with Crippen LogP contribution in [0, 0.1) is 6.92 Å². The van der Waals surface area contributed by atoms with Crippen LogP contribution in [0.3, 0.4) is 0 Å². The lowest BCUT2D eigenvalue weighted by Crippen LogP contribution is -2.42. The van der Waals surface area contributed by atoms with Crippen molar-refractivity contribution in [2.75, 3.05) is 4.90 Å². The zero-order valence-electron chi connectivity index (χ0n) is 17.2. The lowest BCUT2D eigenvalue weighted by Gasteiger charge is -2.35. The predicted molar refractivity (Wildman–Crippen MR) is 122 cm³/mol. The van der Waals surface area contributed by atoms with E-state index in [2.05, 4.69) is 28.3 Å². The maximum atomic E-state index is 13.3. The van der Waals surface area contributed by atoms with Crippen molar-refractivity contribution < 1.29 is 15.0 Å². The van der Waals surface area contributed by atoms with Gasteiger partial charge < -0.3 is 15.1 Å². The smallest absolute Gasteiger partial charge is 0.262 e. The van der Waals surface area contributed by atoms with Crippen LogP contribution in [0.25, 0.3) is 21.5 Å². The van der Waals surface area contributed by atoms with Crippen LogP contribution in [-0.4, -0.2) is 32.1 Å². The number of hydrogen-bond donors (Lipinski definition) is 2. The molecule has 5 rings (SSSR count). The van der Waals surface area contributed by atoms with Gasteiger partial charge in [-0.1, -0.05) is 6.07 Å². The molecule has 1 aliphatic heterocycles. The number of anilines is 1. The summed E-state index contributed by atoms with van der Waals surface area (Å²) in [6, 6.07) is 10.1. The summed E-state index contributed by atoms with van der Waals surface area (Å²) in [5, 5.41) is 22.9. The number of aryl methyl sites for hydroxylation is 2. The molecule has 31 heavy (non-hydrogen) atoms. The van der Waals surface area contributed by atoms with E-state index in [-0.39, 0.29) is 29.0 Å². The third kappa shape index (κ3) is 3.21. The summed E-state index contributed by atoms with van der Waals surface area (Å²) in [7, 11) is 0. The van der Waals surface area contributed by atoms with E-state index in [1.807, 2.05) is 19.1 Å². The van der Waals surface area contributed by atoms with E-state index in [0.717, 1.165) is 51.1 Å². The molecule has 0 unspecified atom stereocenters. The van der Waals surface area contributed by atoms with Crippen molar-refractivity contribution in [1.29, 1.82) is 0 Å². The second kappa shape index (κ2) is 7.35. The Morgan fingerprint density at radius 3 is 2.81 bits per heavy atom. The van der Waals surface area contributed by atoms with E-state index in [1.54, 1.807) is 22.6 Å². The number of aromatic hydroxyl groups is 2. The Bertz CT molecular complexity index is 1330. The van der Waals surface area contributed by atoms with Crippen LogP contribution in [-0.2, 0) is 6.42 Å². The minimum Gasteiger partial charge on any atom is -0.508 e. The van der Waals surface area contributed by atoms with Gasteiger partial charge in [-0.05, 0) is 67.5 Å². The van der Waals surface area contributed by atoms with E-state index < -0.39 is 0 Å². The van der Waals surface area contributed by atoms with Gasteiger partial charge in [0.2, 0.25) is 0 Å². The van der Waals surface area contributed by atoms with E-state index in [9.17, 15) is 15.0 Å². The largest absolute Gasteiger partial charge is 0.508 e. The molecule has 7 heteroatoms. The molecule has 1 aliphatic rings. The first-order valence-corrected chi connectivity index (χ1v) is 11.0. The van der Waals surface area contributed by atoms with Crippen LogP contribution >= 0.6 is 11.3 Å². The Labute approximate surface area is 183 Å². The molecule has 0 aliphatic carbocycles. The fraction of sp³-hybridized carbons (Fsp3) is 0.208. The molecule has 156 valence electrons. The van der Waals surface area contributed by atoms with E-state index in [1.165, 1.54) is 18.2 Å². The minimum atomic E-state index is -0.281. The van der Waals surface area contributed by atoms with Crippen LogP contribution in [0.1, 0.15) is 34.8 Å². The van der Waals surface area contributed by atoms with E-state index >= 15 is 0 Å². The normalized spacial score (nSPS) is 15.8. The summed E-state index contributed by atoms with van der Waals surface area (Å²) in [6.45, 7) is 4.07. The quantitative estimate of drug-likeness (QED) is 0.463. The molecular weight excluding hydrogens is 410 g/mol. The number of nitrogens with zero attached hydrogens (tertiary/aromatic N) is 3. The molecule has 0 radical (unpaired) electrons. The van der Waals surface area contributed by atoms with Gasteiger partial charge in [-0.15, -0.1) is 11.3 Å². The number of carbonyl (C=O) groups is 1. The van der Waals surface area contributed by atoms with Gasteiger partial charge in [0.05, 0.1) is 11.3 Å². The average molecular weight is 432 g/mol. The van der Waals surface area contributed by atoms with Gasteiger partial charge in [-0.3, -0.25) is 4.79 Å². The number of thiophene rings is 1. The van der Waals surface area contributed by atoms with Gasteiger partial charge >= 0.3 is 0 Å². The lowest BCUT2D eigenvalue weighted by molar-refractivity contribution is 0.0972. The van der Waals surface area contributed by atoms with Crippen molar-refractivity contribution in [3.05, 3.63) is 64.8 Å². The molecule has 0 fully saturated rings. The number of rotatable bonds is 2.